The van der Waals surface area contributed by atoms with Gasteiger partial charge in [-0.3, -0.25) is 4.90 Å². The minimum Gasteiger partial charge on any atom is -0.350 e. The predicted molar refractivity (Wildman–Crippen MR) is 92.8 cm³/mol. The largest absolute Gasteiger partial charge is 0.350 e. The minimum absolute atomic E-state index is 0.415. The molecule has 0 amide bonds. The SMILES string of the molecule is Cc1nc(NC2CCCN(Cc3ccccc3)C2)ncc1Br. The number of nitrogens with zero attached hydrogens (tertiary/aromatic N) is 3. The lowest BCUT2D eigenvalue weighted by atomic mass is 10.0. The summed E-state index contributed by atoms with van der Waals surface area (Å²) in [6, 6.07) is 11.1. The molecule has 0 aliphatic carbocycles. The Bertz CT molecular complexity index is 617. The summed E-state index contributed by atoms with van der Waals surface area (Å²) < 4.78 is 0.951. The van der Waals surface area contributed by atoms with E-state index < -0.39 is 0 Å². The van der Waals surface area contributed by atoms with Crippen molar-refractivity contribution in [3.8, 4) is 0 Å². The molecule has 3 rings (SSSR count). The van der Waals surface area contributed by atoms with Gasteiger partial charge in [0, 0.05) is 25.3 Å². The molecule has 1 fully saturated rings. The van der Waals surface area contributed by atoms with Crippen molar-refractivity contribution in [2.75, 3.05) is 18.4 Å². The third-order valence-electron chi connectivity index (χ3n) is 4.01. The summed E-state index contributed by atoms with van der Waals surface area (Å²) >= 11 is 3.44. The average Bonchev–Trinajstić information content (AvgIpc) is 2.52. The summed E-state index contributed by atoms with van der Waals surface area (Å²) in [6.07, 6.45) is 4.19. The molecule has 1 atom stereocenters. The van der Waals surface area contributed by atoms with Crippen molar-refractivity contribution in [2.45, 2.75) is 32.4 Å². The molecular weight excluding hydrogens is 340 g/mol. The number of rotatable bonds is 4. The van der Waals surface area contributed by atoms with Crippen molar-refractivity contribution in [1.82, 2.24) is 14.9 Å². The molecule has 1 aliphatic heterocycles. The van der Waals surface area contributed by atoms with Crippen LogP contribution in [0.2, 0.25) is 0 Å². The van der Waals surface area contributed by atoms with Crippen molar-refractivity contribution in [1.29, 1.82) is 0 Å². The second kappa shape index (κ2) is 7.20. The summed E-state index contributed by atoms with van der Waals surface area (Å²) in [4.78, 5) is 11.3. The first-order valence-electron chi connectivity index (χ1n) is 7.72. The zero-order valence-corrected chi connectivity index (χ0v) is 14.4. The Morgan fingerprint density at radius 1 is 1.32 bits per heavy atom. The smallest absolute Gasteiger partial charge is 0.223 e. The van der Waals surface area contributed by atoms with Gasteiger partial charge in [0.25, 0.3) is 0 Å². The quantitative estimate of drug-likeness (QED) is 0.903. The fourth-order valence-electron chi connectivity index (χ4n) is 2.86. The van der Waals surface area contributed by atoms with E-state index in [1.54, 1.807) is 0 Å². The third-order valence-corrected chi connectivity index (χ3v) is 4.79. The molecule has 1 aromatic heterocycles. The maximum Gasteiger partial charge on any atom is 0.223 e. The molecule has 0 spiro atoms. The first kappa shape index (κ1) is 15.4. The monoisotopic (exact) mass is 360 g/mol. The Hall–Kier alpha value is -1.46. The van der Waals surface area contributed by atoms with Gasteiger partial charge in [-0.1, -0.05) is 30.3 Å². The summed E-state index contributed by atoms with van der Waals surface area (Å²) in [6.45, 7) is 5.19. The molecule has 22 heavy (non-hydrogen) atoms. The van der Waals surface area contributed by atoms with Crippen molar-refractivity contribution < 1.29 is 0 Å². The molecule has 1 unspecified atom stereocenters. The van der Waals surface area contributed by atoms with E-state index in [9.17, 15) is 0 Å². The maximum atomic E-state index is 4.49. The van der Waals surface area contributed by atoms with Crippen LogP contribution in [0.15, 0.2) is 41.0 Å². The van der Waals surface area contributed by atoms with E-state index in [2.05, 4.69) is 66.4 Å². The first-order valence-corrected chi connectivity index (χ1v) is 8.52. The highest BCUT2D eigenvalue weighted by atomic mass is 79.9. The molecule has 4 nitrogen and oxygen atoms in total. The van der Waals surface area contributed by atoms with Crippen LogP contribution >= 0.6 is 15.9 Å². The highest BCUT2D eigenvalue weighted by molar-refractivity contribution is 9.10. The number of aromatic nitrogens is 2. The van der Waals surface area contributed by atoms with E-state index in [1.807, 2.05) is 13.1 Å². The molecular formula is C17H21BrN4. The molecule has 116 valence electrons. The molecule has 0 bridgehead atoms. The van der Waals surface area contributed by atoms with Crippen LogP contribution in [0.1, 0.15) is 24.1 Å². The van der Waals surface area contributed by atoms with Gasteiger partial charge in [-0.2, -0.15) is 0 Å². The number of nitrogens with one attached hydrogen (secondary N) is 1. The van der Waals surface area contributed by atoms with E-state index in [0.717, 1.165) is 35.7 Å². The van der Waals surface area contributed by atoms with Crippen LogP contribution in [-0.2, 0) is 6.54 Å². The molecule has 0 radical (unpaired) electrons. The van der Waals surface area contributed by atoms with E-state index >= 15 is 0 Å². The van der Waals surface area contributed by atoms with Crippen LogP contribution in [-0.4, -0.2) is 34.0 Å². The van der Waals surface area contributed by atoms with Gasteiger partial charge in [0.2, 0.25) is 5.95 Å². The number of anilines is 1. The molecule has 2 heterocycles. The molecule has 1 saturated heterocycles. The van der Waals surface area contributed by atoms with Gasteiger partial charge in [0.15, 0.2) is 0 Å². The van der Waals surface area contributed by atoms with Crippen LogP contribution in [0.5, 0.6) is 0 Å². The van der Waals surface area contributed by atoms with Crippen molar-refractivity contribution in [3.63, 3.8) is 0 Å². The molecule has 2 aromatic rings. The number of piperidine rings is 1. The lowest BCUT2D eigenvalue weighted by Crippen LogP contribution is -2.41. The highest BCUT2D eigenvalue weighted by Gasteiger charge is 2.20. The Labute approximate surface area is 140 Å². The number of hydrogen-bond donors (Lipinski definition) is 1. The summed E-state index contributed by atoms with van der Waals surface area (Å²) in [7, 11) is 0. The van der Waals surface area contributed by atoms with Gasteiger partial charge in [0.1, 0.15) is 0 Å². The normalized spacial score (nSPS) is 19.1. The van der Waals surface area contributed by atoms with Crippen molar-refractivity contribution in [3.05, 3.63) is 52.3 Å². The molecule has 0 saturated carbocycles. The molecule has 1 N–H and O–H groups in total. The minimum atomic E-state index is 0.415. The van der Waals surface area contributed by atoms with Crippen LogP contribution < -0.4 is 5.32 Å². The average molecular weight is 361 g/mol. The number of likely N-dealkylation sites (tertiary alicyclic amines) is 1. The van der Waals surface area contributed by atoms with E-state index in [0.29, 0.717) is 6.04 Å². The van der Waals surface area contributed by atoms with Gasteiger partial charge in [-0.05, 0) is 47.8 Å². The first-order chi connectivity index (χ1) is 10.7. The van der Waals surface area contributed by atoms with Gasteiger partial charge >= 0.3 is 0 Å². The number of aryl methyl sites for hydroxylation is 1. The topological polar surface area (TPSA) is 41.1 Å². The van der Waals surface area contributed by atoms with Crippen LogP contribution in [0.25, 0.3) is 0 Å². The third kappa shape index (κ3) is 4.05. The lowest BCUT2D eigenvalue weighted by Gasteiger charge is -2.33. The fraction of sp³-hybridized carbons (Fsp3) is 0.412. The van der Waals surface area contributed by atoms with E-state index in [1.165, 1.54) is 18.4 Å². The van der Waals surface area contributed by atoms with Crippen molar-refractivity contribution in [2.24, 2.45) is 0 Å². The summed E-state index contributed by atoms with van der Waals surface area (Å²) in [5, 5.41) is 3.48. The van der Waals surface area contributed by atoms with Gasteiger partial charge in [0.05, 0.1) is 10.2 Å². The lowest BCUT2D eigenvalue weighted by molar-refractivity contribution is 0.208. The predicted octanol–water partition coefficient (Wildman–Crippen LogP) is 3.62. The summed E-state index contributed by atoms with van der Waals surface area (Å²) in [5.41, 5.74) is 2.34. The van der Waals surface area contributed by atoms with Gasteiger partial charge < -0.3 is 5.32 Å². The number of halogens is 1. The molecule has 1 aliphatic rings. The Morgan fingerprint density at radius 3 is 2.91 bits per heavy atom. The number of hydrogen-bond acceptors (Lipinski definition) is 4. The van der Waals surface area contributed by atoms with Gasteiger partial charge in [-0.25, -0.2) is 9.97 Å². The van der Waals surface area contributed by atoms with Crippen LogP contribution in [0.3, 0.4) is 0 Å². The summed E-state index contributed by atoms with van der Waals surface area (Å²) in [5.74, 6) is 0.729. The second-order valence-electron chi connectivity index (χ2n) is 5.83. The molecule has 1 aromatic carbocycles. The Morgan fingerprint density at radius 2 is 2.14 bits per heavy atom. The zero-order chi connectivity index (χ0) is 15.4. The highest BCUT2D eigenvalue weighted by Crippen LogP contribution is 2.18. The molecule has 5 heteroatoms. The Balaban J connectivity index is 1.59. The fourth-order valence-corrected chi connectivity index (χ4v) is 3.05. The van der Waals surface area contributed by atoms with Crippen LogP contribution in [0.4, 0.5) is 5.95 Å². The van der Waals surface area contributed by atoms with Gasteiger partial charge in [-0.15, -0.1) is 0 Å². The number of benzene rings is 1. The second-order valence-corrected chi connectivity index (χ2v) is 6.69. The standard InChI is InChI=1S/C17H21BrN4/c1-13-16(18)10-19-17(20-13)21-15-8-5-9-22(12-15)11-14-6-3-2-4-7-14/h2-4,6-7,10,15H,5,8-9,11-12H2,1H3,(H,19,20,21). The van der Waals surface area contributed by atoms with E-state index in [-0.39, 0.29) is 0 Å². The van der Waals surface area contributed by atoms with Crippen LogP contribution in [0, 0.1) is 6.92 Å². The maximum absolute atomic E-state index is 4.49. The van der Waals surface area contributed by atoms with Crippen molar-refractivity contribution >= 4 is 21.9 Å². The zero-order valence-electron chi connectivity index (χ0n) is 12.8. The van der Waals surface area contributed by atoms with E-state index in [4.69, 9.17) is 0 Å². The Kier molecular flexibility index (Phi) is 5.05.